The maximum absolute atomic E-state index is 6.77. The Bertz CT molecular complexity index is 4010. The molecule has 3 heterocycles. The average molecular weight is 1080 g/mol. The third kappa shape index (κ3) is 8.67. The van der Waals surface area contributed by atoms with Crippen molar-refractivity contribution >= 4 is 96.2 Å². The second-order valence-corrected chi connectivity index (χ2v) is 31.0. The normalized spacial score (nSPS) is 17.5. The van der Waals surface area contributed by atoms with Crippen molar-refractivity contribution in [2.45, 2.75) is 188 Å². The summed E-state index contributed by atoms with van der Waals surface area (Å²) in [4.78, 5) is 7.78. The standard InChI is InChI=1S/C77H86BN3O/c1-47-39-66-70-67(40-47)81(54-28-32-58-59(43-54)75(13,14)36-35-74(58,11)12)65-46-61-60(76(15,16)37-38-77(61,17)18)45-63(65)78(70)62-33-29-55(79(51-24-19-48(20-25-51)71(2,3)4)52-26-21-49(22-27-52)72(5,6)7)44-64(62)80(66)53-30-34-68-57(42-53)56-31-23-50(73(8,9)10)41-69(56)82-68/h19-34,39-46H,35-38H2,1-18H3. The molecule has 0 spiro atoms. The minimum absolute atomic E-state index is 0.00482. The summed E-state index contributed by atoms with van der Waals surface area (Å²) in [5.41, 5.74) is 27.8. The summed E-state index contributed by atoms with van der Waals surface area (Å²) in [5.74, 6) is 0. The van der Waals surface area contributed by atoms with Gasteiger partial charge in [0.1, 0.15) is 11.2 Å². The van der Waals surface area contributed by atoms with E-state index in [1.54, 1.807) is 0 Å². The van der Waals surface area contributed by atoms with Crippen LogP contribution >= 0.6 is 0 Å². The lowest BCUT2D eigenvalue weighted by Crippen LogP contribution is -2.62. The molecule has 0 amide bonds. The summed E-state index contributed by atoms with van der Waals surface area (Å²) >= 11 is 0. The molecule has 2 aliphatic carbocycles. The number of benzene rings is 8. The number of fused-ring (bicyclic) bond motifs is 9. The summed E-state index contributed by atoms with van der Waals surface area (Å²) in [6, 6.07) is 57.6. The molecule has 8 aromatic carbocycles. The number of rotatable bonds is 5. The molecule has 82 heavy (non-hydrogen) atoms. The molecule has 13 rings (SSSR count). The summed E-state index contributed by atoms with van der Waals surface area (Å²) in [5, 5.41) is 2.26. The molecule has 0 saturated carbocycles. The van der Waals surface area contributed by atoms with Crippen molar-refractivity contribution in [3.05, 3.63) is 190 Å². The van der Waals surface area contributed by atoms with E-state index in [1.165, 1.54) is 95.8 Å². The zero-order chi connectivity index (χ0) is 58.2. The number of aryl methyl sites for hydroxylation is 1. The Labute approximate surface area is 491 Å². The summed E-state index contributed by atoms with van der Waals surface area (Å²) < 4.78 is 6.77. The molecule has 0 fully saturated rings. The predicted molar refractivity (Wildman–Crippen MR) is 354 cm³/mol. The van der Waals surface area contributed by atoms with Crippen LogP contribution in [0.15, 0.2) is 150 Å². The van der Waals surface area contributed by atoms with Gasteiger partial charge in [-0.05, 0) is 222 Å². The zero-order valence-corrected chi connectivity index (χ0v) is 52.5. The van der Waals surface area contributed by atoms with Crippen LogP contribution in [0, 0.1) is 6.92 Å². The van der Waals surface area contributed by atoms with Gasteiger partial charge in [0.2, 0.25) is 0 Å². The minimum Gasteiger partial charge on any atom is -0.456 e. The number of nitrogens with zero attached hydrogens (tertiary/aromatic N) is 3. The van der Waals surface area contributed by atoms with E-state index in [2.05, 4.69) is 285 Å². The van der Waals surface area contributed by atoms with E-state index in [4.69, 9.17) is 4.42 Å². The van der Waals surface area contributed by atoms with Crippen molar-refractivity contribution in [2.75, 3.05) is 14.7 Å². The molecule has 5 heteroatoms. The molecule has 2 aliphatic heterocycles. The Morgan fingerprint density at radius 2 is 0.854 bits per heavy atom. The van der Waals surface area contributed by atoms with Crippen LogP contribution in [-0.4, -0.2) is 6.71 Å². The van der Waals surface area contributed by atoms with Crippen LogP contribution in [0.2, 0.25) is 0 Å². The van der Waals surface area contributed by atoms with E-state index >= 15 is 0 Å². The van der Waals surface area contributed by atoms with E-state index in [0.717, 1.165) is 64.0 Å². The third-order valence-corrected chi connectivity index (χ3v) is 20.1. The fourth-order valence-electron chi connectivity index (χ4n) is 14.6. The Balaban J connectivity index is 1.11. The van der Waals surface area contributed by atoms with E-state index in [1.807, 2.05) is 0 Å². The van der Waals surface area contributed by atoms with Crippen LogP contribution in [0.25, 0.3) is 21.9 Å². The molecule has 0 bridgehead atoms. The van der Waals surface area contributed by atoms with Gasteiger partial charge in [0, 0.05) is 62.0 Å². The van der Waals surface area contributed by atoms with Crippen LogP contribution in [0.5, 0.6) is 0 Å². The highest BCUT2D eigenvalue weighted by atomic mass is 16.3. The Morgan fingerprint density at radius 3 is 1.40 bits per heavy atom. The first-order valence-electron chi connectivity index (χ1n) is 30.6. The molecule has 4 nitrogen and oxygen atoms in total. The SMILES string of the molecule is Cc1cc2c3c(c1)N(c1ccc4c(c1)C(C)(C)CCC4(C)C)c1cc4c(cc1B3c1ccc(N(c3ccc(C(C)(C)C)cc3)c3ccc(C(C)(C)C)cc3)cc1N2c1ccc2oc3cc(C(C)(C)C)ccc3c2c1)C(C)(C)CCC4(C)C. The molecule has 0 atom stereocenters. The van der Waals surface area contributed by atoms with Gasteiger partial charge in [0.15, 0.2) is 0 Å². The van der Waals surface area contributed by atoms with Crippen molar-refractivity contribution in [1.29, 1.82) is 0 Å². The lowest BCUT2D eigenvalue weighted by atomic mass is 9.33. The van der Waals surface area contributed by atoms with Gasteiger partial charge >= 0.3 is 0 Å². The largest absolute Gasteiger partial charge is 0.456 e. The number of hydrogen-bond donors (Lipinski definition) is 0. The molecular weight excluding hydrogens is 994 g/mol. The molecule has 9 aromatic rings. The highest BCUT2D eigenvalue weighted by Gasteiger charge is 2.47. The van der Waals surface area contributed by atoms with Gasteiger partial charge in [-0.25, -0.2) is 0 Å². The molecule has 418 valence electrons. The van der Waals surface area contributed by atoms with Crippen LogP contribution in [0.1, 0.15) is 188 Å². The molecule has 4 aliphatic rings. The lowest BCUT2D eigenvalue weighted by molar-refractivity contribution is 0.332. The molecular formula is C77H86BN3O. The first-order chi connectivity index (χ1) is 38.4. The smallest absolute Gasteiger partial charge is 0.252 e. The molecule has 1 aromatic heterocycles. The second-order valence-electron chi connectivity index (χ2n) is 31.0. The van der Waals surface area contributed by atoms with Gasteiger partial charge < -0.3 is 19.1 Å². The molecule has 0 unspecified atom stereocenters. The monoisotopic (exact) mass is 1080 g/mol. The van der Waals surface area contributed by atoms with E-state index in [-0.39, 0.29) is 44.6 Å². The highest BCUT2D eigenvalue weighted by molar-refractivity contribution is 7.00. The fourth-order valence-corrected chi connectivity index (χ4v) is 14.6. The van der Waals surface area contributed by atoms with Crippen LogP contribution in [-0.2, 0) is 37.9 Å². The quantitative estimate of drug-likeness (QED) is 0.160. The van der Waals surface area contributed by atoms with Crippen molar-refractivity contribution in [1.82, 2.24) is 0 Å². The van der Waals surface area contributed by atoms with E-state index < -0.39 is 0 Å². The minimum atomic E-state index is -0.0452. The molecule has 0 N–H and O–H groups in total. The summed E-state index contributed by atoms with van der Waals surface area (Å²) in [6.45, 7) is 42.7. The maximum Gasteiger partial charge on any atom is 0.252 e. The Kier molecular flexibility index (Phi) is 11.9. The number of anilines is 9. The van der Waals surface area contributed by atoms with Gasteiger partial charge in [-0.15, -0.1) is 0 Å². The number of furan rings is 1. The topological polar surface area (TPSA) is 22.9 Å². The van der Waals surface area contributed by atoms with Crippen LogP contribution in [0.3, 0.4) is 0 Å². The van der Waals surface area contributed by atoms with Crippen molar-refractivity contribution in [3.63, 3.8) is 0 Å². The predicted octanol–water partition coefficient (Wildman–Crippen LogP) is 20.0. The summed E-state index contributed by atoms with van der Waals surface area (Å²) in [6.07, 6.45) is 4.65. The van der Waals surface area contributed by atoms with E-state index in [0.29, 0.717) is 0 Å². The molecule has 0 saturated heterocycles. The Morgan fingerprint density at radius 1 is 0.390 bits per heavy atom. The first-order valence-corrected chi connectivity index (χ1v) is 30.6. The zero-order valence-electron chi connectivity index (χ0n) is 52.5. The highest BCUT2D eigenvalue weighted by Crippen LogP contribution is 2.54. The molecule has 0 radical (unpaired) electrons. The van der Waals surface area contributed by atoms with Gasteiger partial charge in [-0.1, -0.05) is 172 Å². The van der Waals surface area contributed by atoms with Gasteiger partial charge in [-0.2, -0.15) is 0 Å². The van der Waals surface area contributed by atoms with E-state index in [9.17, 15) is 0 Å². The van der Waals surface area contributed by atoms with Gasteiger partial charge in [-0.3, -0.25) is 0 Å². The first kappa shape index (κ1) is 54.3. The van der Waals surface area contributed by atoms with Crippen LogP contribution in [0.4, 0.5) is 51.2 Å². The second kappa shape index (κ2) is 18.0. The van der Waals surface area contributed by atoms with Gasteiger partial charge in [0.05, 0.1) is 0 Å². The fraction of sp³-hybridized carbons (Fsp3) is 0.377. The third-order valence-electron chi connectivity index (χ3n) is 20.1. The van der Waals surface area contributed by atoms with Crippen molar-refractivity contribution in [2.24, 2.45) is 0 Å². The summed E-state index contributed by atoms with van der Waals surface area (Å²) in [7, 11) is 0. The van der Waals surface area contributed by atoms with Crippen LogP contribution < -0.4 is 31.1 Å². The number of hydrogen-bond acceptors (Lipinski definition) is 4. The van der Waals surface area contributed by atoms with Crippen molar-refractivity contribution < 1.29 is 4.42 Å². The maximum atomic E-state index is 6.77. The van der Waals surface area contributed by atoms with Crippen molar-refractivity contribution in [3.8, 4) is 0 Å². The average Bonchev–Trinajstić information content (AvgIpc) is 0.951. The lowest BCUT2D eigenvalue weighted by Gasteiger charge is -2.48. The Hall–Kier alpha value is -6.98. The van der Waals surface area contributed by atoms with Gasteiger partial charge in [0.25, 0.3) is 6.71 Å².